The molecule has 0 unspecified atom stereocenters. The number of carbonyl (C=O) groups excluding carboxylic acids is 1. The lowest BCUT2D eigenvalue weighted by Gasteiger charge is -2.07. The molecule has 2 heterocycles. The molecule has 0 bridgehead atoms. The van der Waals surface area contributed by atoms with Gasteiger partial charge in [-0.1, -0.05) is 0 Å². The predicted octanol–water partition coefficient (Wildman–Crippen LogP) is 0.483. The zero-order chi connectivity index (χ0) is 15.2. The van der Waals surface area contributed by atoms with Crippen LogP contribution in [0.25, 0.3) is 11.3 Å². The van der Waals surface area contributed by atoms with Crippen molar-refractivity contribution in [2.45, 2.75) is 13.5 Å². The minimum atomic E-state index is -0.315. The van der Waals surface area contributed by atoms with Crippen LogP contribution in [0.3, 0.4) is 0 Å². The van der Waals surface area contributed by atoms with Gasteiger partial charge in [-0.25, -0.2) is 9.67 Å². The Kier molecular flexibility index (Phi) is 4.65. The van der Waals surface area contributed by atoms with Crippen LogP contribution in [0.15, 0.2) is 35.3 Å². The first kappa shape index (κ1) is 14.7. The molecule has 2 aromatic rings. The molecule has 2 aromatic heterocycles. The number of hydrogen-bond acceptors (Lipinski definition) is 5. The van der Waals surface area contributed by atoms with E-state index in [1.54, 1.807) is 19.3 Å². The SMILES string of the molecule is CCNC(=O)Cn1nc(-c2ccc(NC)nc2)ccc1=O. The third-order valence-electron chi connectivity index (χ3n) is 2.85. The molecule has 110 valence electrons. The molecule has 0 atom stereocenters. The monoisotopic (exact) mass is 287 g/mol. The fraction of sp³-hybridized carbons (Fsp3) is 0.286. The average Bonchev–Trinajstić information content (AvgIpc) is 2.50. The number of pyridine rings is 1. The van der Waals surface area contributed by atoms with E-state index in [-0.39, 0.29) is 18.0 Å². The first-order valence-corrected chi connectivity index (χ1v) is 6.63. The molecule has 0 aliphatic rings. The smallest absolute Gasteiger partial charge is 0.267 e. The Morgan fingerprint density at radius 1 is 1.29 bits per heavy atom. The molecule has 0 radical (unpaired) electrons. The zero-order valence-corrected chi connectivity index (χ0v) is 12.0. The highest BCUT2D eigenvalue weighted by Crippen LogP contribution is 2.15. The van der Waals surface area contributed by atoms with Crippen molar-refractivity contribution in [2.75, 3.05) is 18.9 Å². The van der Waals surface area contributed by atoms with Crippen LogP contribution in [0.1, 0.15) is 6.92 Å². The summed E-state index contributed by atoms with van der Waals surface area (Å²) < 4.78 is 1.15. The Morgan fingerprint density at radius 2 is 2.10 bits per heavy atom. The molecule has 0 aliphatic heterocycles. The van der Waals surface area contributed by atoms with E-state index in [1.165, 1.54) is 6.07 Å². The second kappa shape index (κ2) is 6.65. The van der Waals surface area contributed by atoms with E-state index >= 15 is 0 Å². The normalized spacial score (nSPS) is 10.2. The van der Waals surface area contributed by atoms with E-state index in [4.69, 9.17) is 0 Å². The molecule has 2 N–H and O–H groups in total. The highest BCUT2D eigenvalue weighted by atomic mass is 16.2. The maximum atomic E-state index is 11.7. The van der Waals surface area contributed by atoms with Crippen LogP contribution in [-0.2, 0) is 11.3 Å². The van der Waals surface area contributed by atoms with E-state index in [9.17, 15) is 9.59 Å². The standard InChI is InChI=1S/C14H17N5O2/c1-3-16-13(20)9-19-14(21)7-5-11(18-19)10-4-6-12(15-2)17-8-10/h4-8H,3,9H2,1-2H3,(H,15,17)(H,16,20). The zero-order valence-electron chi connectivity index (χ0n) is 12.0. The van der Waals surface area contributed by atoms with E-state index < -0.39 is 0 Å². The van der Waals surface area contributed by atoms with Gasteiger partial charge in [0.1, 0.15) is 12.4 Å². The van der Waals surface area contributed by atoms with Crippen molar-refractivity contribution in [3.63, 3.8) is 0 Å². The summed E-state index contributed by atoms with van der Waals surface area (Å²) in [5.74, 6) is 0.502. The molecular formula is C14H17N5O2. The van der Waals surface area contributed by atoms with E-state index in [0.29, 0.717) is 12.2 Å². The number of nitrogens with zero attached hydrogens (tertiary/aromatic N) is 3. The lowest BCUT2D eigenvalue weighted by Crippen LogP contribution is -2.33. The lowest BCUT2D eigenvalue weighted by molar-refractivity contribution is -0.121. The molecule has 0 aliphatic carbocycles. The predicted molar refractivity (Wildman–Crippen MR) is 80.0 cm³/mol. The molecule has 1 amide bonds. The van der Waals surface area contributed by atoms with E-state index in [2.05, 4.69) is 20.7 Å². The minimum absolute atomic E-state index is 0.0947. The summed E-state index contributed by atoms with van der Waals surface area (Å²) in [6.45, 7) is 2.24. The second-order valence-corrected chi connectivity index (χ2v) is 4.35. The number of amides is 1. The van der Waals surface area contributed by atoms with Crippen LogP contribution in [0.2, 0.25) is 0 Å². The molecule has 7 nitrogen and oxygen atoms in total. The third-order valence-corrected chi connectivity index (χ3v) is 2.85. The van der Waals surface area contributed by atoms with Gasteiger partial charge in [-0.3, -0.25) is 9.59 Å². The Balaban J connectivity index is 2.28. The van der Waals surface area contributed by atoms with Crippen LogP contribution >= 0.6 is 0 Å². The lowest BCUT2D eigenvalue weighted by atomic mass is 10.2. The van der Waals surface area contributed by atoms with Crippen molar-refractivity contribution in [3.05, 3.63) is 40.8 Å². The van der Waals surface area contributed by atoms with Crippen molar-refractivity contribution < 1.29 is 4.79 Å². The summed E-state index contributed by atoms with van der Waals surface area (Å²) in [6.07, 6.45) is 1.66. The third kappa shape index (κ3) is 3.65. The van der Waals surface area contributed by atoms with Crippen molar-refractivity contribution in [2.24, 2.45) is 0 Å². The Hall–Kier alpha value is -2.70. The fourth-order valence-corrected chi connectivity index (χ4v) is 1.80. The molecule has 0 saturated carbocycles. The number of nitrogens with one attached hydrogen (secondary N) is 2. The van der Waals surface area contributed by atoms with Crippen LogP contribution in [0.4, 0.5) is 5.82 Å². The van der Waals surface area contributed by atoms with Gasteiger partial charge in [0.2, 0.25) is 5.91 Å². The summed E-state index contributed by atoms with van der Waals surface area (Å²) in [4.78, 5) is 27.5. The van der Waals surface area contributed by atoms with Gasteiger partial charge in [0.05, 0.1) is 5.69 Å². The molecule has 0 fully saturated rings. The Bertz CT molecular complexity index is 679. The van der Waals surface area contributed by atoms with Gasteiger partial charge in [0.25, 0.3) is 5.56 Å². The number of likely N-dealkylation sites (N-methyl/N-ethyl adjacent to an activating group) is 1. The van der Waals surface area contributed by atoms with Crippen molar-refractivity contribution in [1.82, 2.24) is 20.1 Å². The summed E-state index contributed by atoms with van der Waals surface area (Å²) >= 11 is 0. The Labute approximate surface area is 122 Å². The maximum absolute atomic E-state index is 11.7. The molecular weight excluding hydrogens is 270 g/mol. The van der Waals surface area contributed by atoms with Crippen LogP contribution in [0.5, 0.6) is 0 Å². The summed E-state index contributed by atoms with van der Waals surface area (Å²) in [5, 5.41) is 9.77. The van der Waals surface area contributed by atoms with Gasteiger partial charge in [-0.05, 0) is 25.1 Å². The van der Waals surface area contributed by atoms with Gasteiger partial charge >= 0.3 is 0 Å². The number of carbonyl (C=O) groups is 1. The van der Waals surface area contributed by atoms with Crippen molar-refractivity contribution >= 4 is 11.7 Å². The topological polar surface area (TPSA) is 88.9 Å². The molecule has 0 saturated heterocycles. The Morgan fingerprint density at radius 3 is 2.71 bits per heavy atom. The van der Waals surface area contributed by atoms with E-state index in [1.807, 2.05) is 19.1 Å². The van der Waals surface area contributed by atoms with Crippen LogP contribution in [-0.4, -0.2) is 34.3 Å². The minimum Gasteiger partial charge on any atom is -0.373 e. The number of anilines is 1. The molecule has 21 heavy (non-hydrogen) atoms. The highest BCUT2D eigenvalue weighted by molar-refractivity contribution is 5.75. The number of hydrogen-bond donors (Lipinski definition) is 2. The number of rotatable bonds is 5. The second-order valence-electron chi connectivity index (χ2n) is 4.35. The fourth-order valence-electron chi connectivity index (χ4n) is 1.80. The van der Waals surface area contributed by atoms with Crippen molar-refractivity contribution in [1.29, 1.82) is 0 Å². The summed E-state index contributed by atoms with van der Waals surface area (Å²) in [6, 6.07) is 6.68. The molecule has 7 heteroatoms. The van der Waals surface area contributed by atoms with Gasteiger partial charge < -0.3 is 10.6 Å². The average molecular weight is 287 g/mol. The molecule has 0 spiro atoms. The summed E-state index contributed by atoms with van der Waals surface area (Å²) in [7, 11) is 1.78. The van der Waals surface area contributed by atoms with Crippen LogP contribution in [0, 0.1) is 0 Å². The van der Waals surface area contributed by atoms with Gasteiger partial charge in [0, 0.05) is 31.4 Å². The van der Waals surface area contributed by atoms with Gasteiger partial charge in [-0.2, -0.15) is 5.10 Å². The van der Waals surface area contributed by atoms with E-state index in [0.717, 1.165) is 16.1 Å². The van der Waals surface area contributed by atoms with Crippen LogP contribution < -0.4 is 16.2 Å². The first-order valence-electron chi connectivity index (χ1n) is 6.63. The van der Waals surface area contributed by atoms with Gasteiger partial charge in [-0.15, -0.1) is 0 Å². The number of aromatic nitrogens is 3. The van der Waals surface area contributed by atoms with Gasteiger partial charge in [0.15, 0.2) is 0 Å². The molecule has 2 rings (SSSR count). The summed E-state index contributed by atoms with van der Waals surface area (Å²) in [5.41, 5.74) is 1.05. The maximum Gasteiger partial charge on any atom is 0.267 e. The van der Waals surface area contributed by atoms with Crippen molar-refractivity contribution in [3.8, 4) is 11.3 Å². The quantitative estimate of drug-likeness (QED) is 0.835. The highest BCUT2D eigenvalue weighted by Gasteiger charge is 2.07. The molecule has 0 aromatic carbocycles. The largest absolute Gasteiger partial charge is 0.373 e. The first-order chi connectivity index (χ1) is 10.1.